The standard InChI is InChI=1S/C13H10BrCl2N3O/c1-6-4-10(15)18-12(16)11(6)19-13(20)7-2-3-8(14)9(17)5-7/h2-5H,17H2,1H3,(H,19,20). The van der Waals surface area contributed by atoms with Crippen LogP contribution in [0.3, 0.4) is 0 Å². The maximum absolute atomic E-state index is 12.2. The summed E-state index contributed by atoms with van der Waals surface area (Å²) >= 11 is 15.0. The van der Waals surface area contributed by atoms with Gasteiger partial charge in [0, 0.05) is 15.7 Å². The molecule has 1 amide bonds. The molecule has 0 saturated heterocycles. The Balaban J connectivity index is 2.30. The number of nitrogens with one attached hydrogen (secondary N) is 1. The zero-order chi connectivity index (χ0) is 14.9. The van der Waals surface area contributed by atoms with Gasteiger partial charge in [-0.1, -0.05) is 23.2 Å². The molecule has 1 heterocycles. The van der Waals surface area contributed by atoms with E-state index in [0.29, 0.717) is 16.9 Å². The van der Waals surface area contributed by atoms with Crippen LogP contribution in [0.25, 0.3) is 0 Å². The molecular formula is C13H10BrCl2N3O. The predicted octanol–water partition coefficient (Wildman–Crippen LogP) is 4.29. The van der Waals surface area contributed by atoms with Gasteiger partial charge in [-0.25, -0.2) is 4.98 Å². The molecule has 0 saturated carbocycles. The molecule has 1 aromatic carbocycles. The zero-order valence-corrected chi connectivity index (χ0v) is 13.5. The summed E-state index contributed by atoms with van der Waals surface area (Å²) in [4.78, 5) is 16.1. The van der Waals surface area contributed by atoms with Gasteiger partial charge >= 0.3 is 0 Å². The highest BCUT2D eigenvalue weighted by Gasteiger charge is 2.13. The first kappa shape index (κ1) is 15.1. The van der Waals surface area contributed by atoms with Crippen molar-refractivity contribution in [1.82, 2.24) is 4.98 Å². The monoisotopic (exact) mass is 373 g/mol. The van der Waals surface area contributed by atoms with E-state index in [1.165, 1.54) is 0 Å². The van der Waals surface area contributed by atoms with Crippen molar-refractivity contribution < 1.29 is 4.79 Å². The minimum atomic E-state index is -0.321. The summed E-state index contributed by atoms with van der Waals surface area (Å²) in [6.07, 6.45) is 0. The number of aromatic nitrogens is 1. The summed E-state index contributed by atoms with van der Waals surface area (Å²) < 4.78 is 0.733. The number of carbonyl (C=O) groups excluding carboxylic acids is 1. The SMILES string of the molecule is Cc1cc(Cl)nc(Cl)c1NC(=O)c1ccc(Br)c(N)c1. The van der Waals surface area contributed by atoms with E-state index in [2.05, 4.69) is 26.2 Å². The van der Waals surface area contributed by atoms with Crippen molar-refractivity contribution in [1.29, 1.82) is 0 Å². The number of benzene rings is 1. The summed E-state index contributed by atoms with van der Waals surface area (Å²) in [7, 11) is 0. The molecule has 0 aliphatic carbocycles. The van der Waals surface area contributed by atoms with Gasteiger partial charge in [0.1, 0.15) is 5.15 Å². The van der Waals surface area contributed by atoms with Crippen molar-refractivity contribution in [3.05, 3.63) is 50.2 Å². The highest BCUT2D eigenvalue weighted by Crippen LogP contribution is 2.27. The summed E-state index contributed by atoms with van der Waals surface area (Å²) in [5, 5.41) is 3.13. The van der Waals surface area contributed by atoms with Gasteiger partial charge in [-0.2, -0.15) is 0 Å². The lowest BCUT2D eigenvalue weighted by molar-refractivity contribution is 0.102. The Labute approximate surface area is 134 Å². The van der Waals surface area contributed by atoms with E-state index in [1.54, 1.807) is 31.2 Å². The van der Waals surface area contributed by atoms with Gasteiger partial charge in [0.25, 0.3) is 5.91 Å². The minimum Gasteiger partial charge on any atom is -0.398 e. The second-order valence-electron chi connectivity index (χ2n) is 4.12. The average molecular weight is 375 g/mol. The Morgan fingerprint density at radius 2 is 2.05 bits per heavy atom. The van der Waals surface area contributed by atoms with Gasteiger partial charge in [0.15, 0.2) is 5.15 Å². The number of rotatable bonds is 2. The molecule has 3 N–H and O–H groups in total. The topological polar surface area (TPSA) is 68.0 Å². The molecule has 1 aromatic heterocycles. The first-order valence-corrected chi connectivity index (χ1v) is 7.12. The third-order valence-corrected chi connectivity index (χ3v) is 3.83. The first-order chi connectivity index (χ1) is 9.38. The van der Waals surface area contributed by atoms with E-state index in [0.717, 1.165) is 10.0 Å². The lowest BCUT2D eigenvalue weighted by Gasteiger charge is -2.11. The third kappa shape index (κ3) is 3.23. The average Bonchev–Trinajstić information content (AvgIpc) is 2.36. The Morgan fingerprint density at radius 1 is 1.35 bits per heavy atom. The molecule has 0 atom stereocenters. The van der Waals surface area contributed by atoms with Gasteiger partial charge in [0.05, 0.1) is 5.69 Å². The Hall–Kier alpha value is -1.30. The molecule has 0 spiro atoms. The highest BCUT2D eigenvalue weighted by molar-refractivity contribution is 9.10. The molecule has 0 bridgehead atoms. The van der Waals surface area contributed by atoms with Crippen molar-refractivity contribution in [2.75, 3.05) is 11.1 Å². The molecule has 7 heteroatoms. The fourth-order valence-electron chi connectivity index (χ4n) is 1.62. The largest absolute Gasteiger partial charge is 0.398 e. The van der Waals surface area contributed by atoms with Gasteiger partial charge in [-0.3, -0.25) is 4.79 Å². The molecule has 0 radical (unpaired) electrons. The van der Waals surface area contributed by atoms with Crippen molar-refractivity contribution in [2.45, 2.75) is 6.92 Å². The van der Waals surface area contributed by atoms with Crippen molar-refractivity contribution >= 4 is 56.4 Å². The van der Waals surface area contributed by atoms with Crippen LogP contribution in [0.2, 0.25) is 10.3 Å². The quantitative estimate of drug-likeness (QED) is 0.608. The molecule has 104 valence electrons. The fourth-order valence-corrected chi connectivity index (χ4v) is 2.44. The molecule has 0 unspecified atom stereocenters. The molecule has 0 aliphatic heterocycles. The van der Waals surface area contributed by atoms with E-state index in [1.807, 2.05) is 0 Å². The summed E-state index contributed by atoms with van der Waals surface area (Å²) in [5.74, 6) is -0.321. The van der Waals surface area contributed by atoms with E-state index >= 15 is 0 Å². The number of amides is 1. The van der Waals surface area contributed by atoms with Crippen LogP contribution < -0.4 is 11.1 Å². The number of pyridine rings is 1. The van der Waals surface area contributed by atoms with Gasteiger partial charge in [-0.05, 0) is 52.7 Å². The molecule has 4 nitrogen and oxygen atoms in total. The Bertz CT molecular complexity index is 668. The number of nitrogens with two attached hydrogens (primary N) is 1. The van der Waals surface area contributed by atoms with Crippen LogP contribution in [0.15, 0.2) is 28.7 Å². The van der Waals surface area contributed by atoms with E-state index < -0.39 is 0 Å². The van der Waals surface area contributed by atoms with Crippen LogP contribution in [0.4, 0.5) is 11.4 Å². The number of hydrogen-bond acceptors (Lipinski definition) is 3. The van der Waals surface area contributed by atoms with Crippen LogP contribution in [0, 0.1) is 6.92 Å². The molecule has 0 fully saturated rings. The second kappa shape index (κ2) is 5.99. The van der Waals surface area contributed by atoms with E-state index in [4.69, 9.17) is 28.9 Å². The number of halogens is 3. The highest BCUT2D eigenvalue weighted by atomic mass is 79.9. The molecule has 20 heavy (non-hydrogen) atoms. The molecular weight excluding hydrogens is 365 g/mol. The summed E-state index contributed by atoms with van der Waals surface area (Å²) in [5.41, 5.74) is 7.82. The van der Waals surface area contributed by atoms with Crippen LogP contribution in [-0.4, -0.2) is 10.9 Å². The number of carbonyl (C=O) groups is 1. The number of anilines is 2. The van der Waals surface area contributed by atoms with Crippen molar-refractivity contribution in [3.63, 3.8) is 0 Å². The van der Waals surface area contributed by atoms with Crippen LogP contribution in [0.1, 0.15) is 15.9 Å². The summed E-state index contributed by atoms with van der Waals surface area (Å²) in [6.45, 7) is 1.78. The smallest absolute Gasteiger partial charge is 0.255 e. The zero-order valence-electron chi connectivity index (χ0n) is 10.4. The number of aryl methyl sites for hydroxylation is 1. The summed E-state index contributed by atoms with van der Waals surface area (Å²) in [6, 6.07) is 6.56. The maximum Gasteiger partial charge on any atom is 0.255 e. The van der Waals surface area contributed by atoms with Gasteiger partial charge in [-0.15, -0.1) is 0 Å². The minimum absolute atomic E-state index is 0.147. The fraction of sp³-hybridized carbons (Fsp3) is 0.0769. The van der Waals surface area contributed by atoms with Crippen molar-refractivity contribution in [2.24, 2.45) is 0 Å². The normalized spacial score (nSPS) is 10.4. The Kier molecular flexibility index (Phi) is 4.52. The number of nitrogens with zero attached hydrogens (tertiary/aromatic N) is 1. The maximum atomic E-state index is 12.2. The van der Waals surface area contributed by atoms with E-state index in [9.17, 15) is 4.79 Å². The first-order valence-electron chi connectivity index (χ1n) is 5.57. The lowest BCUT2D eigenvalue weighted by atomic mass is 10.2. The lowest BCUT2D eigenvalue weighted by Crippen LogP contribution is -2.14. The molecule has 2 rings (SSSR count). The second-order valence-corrected chi connectivity index (χ2v) is 5.72. The van der Waals surface area contributed by atoms with E-state index in [-0.39, 0.29) is 16.2 Å². The third-order valence-electron chi connectivity index (χ3n) is 2.64. The molecule has 0 aliphatic rings. The molecule has 2 aromatic rings. The van der Waals surface area contributed by atoms with Crippen LogP contribution in [-0.2, 0) is 0 Å². The van der Waals surface area contributed by atoms with Gasteiger partial charge < -0.3 is 11.1 Å². The predicted molar refractivity (Wildman–Crippen MR) is 85.5 cm³/mol. The number of hydrogen-bond donors (Lipinski definition) is 2. The van der Waals surface area contributed by atoms with Gasteiger partial charge in [0.2, 0.25) is 0 Å². The van der Waals surface area contributed by atoms with Crippen molar-refractivity contribution in [3.8, 4) is 0 Å². The Morgan fingerprint density at radius 3 is 2.65 bits per heavy atom. The number of nitrogen functional groups attached to an aromatic ring is 1. The van der Waals surface area contributed by atoms with Crippen LogP contribution >= 0.6 is 39.1 Å². The van der Waals surface area contributed by atoms with Crippen LogP contribution in [0.5, 0.6) is 0 Å².